The number of hydrogen-bond donors (Lipinski definition) is 5. The van der Waals surface area contributed by atoms with E-state index in [9.17, 15) is 4.79 Å². The van der Waals surface area contributed by atoms with E-state index in [1.54, 1.807) is 6.08 Å². The average Bonchev–Trinajstić information content (AvgIpc) is 2.58. The van der Waals surface area contributed by atoms with E-state index in [0.717, 1.165) is 23.3 Å². The summed E-state index contributed by atoms with van der Waals surface area (Å²) >= 11 is 8.58. The van der Waals surface area contributed by atoms with Crippen LogP contribution in [0.1, 0.15) is 24.0 Å². The lowest BCUT2D eigenvalue weighted by Crippen LogP contribution is -2.32. The quantitative estimate of drug-likeness (QED) is 0.251. The summed E-state index contributed by atoms with van der Waals surface area (Å²) in [6.07, 6.45) is 3.21. The summed E-state index contributed by atoms with van der Waals surface area (Å²) in [5.74, 6) is 1.77. The van der Waals surface area contributed by atoms with Crippen LogP contribution in [0.4, 0.5) is 0 Å². The minimum absolute atomic E-state index is 0.217. The van der Waals surface area contributed by atoms with Gasteiger partial charge < -0.3 is 21.5 Å². The maximum atomic E-state index is 11.7. The molecule has 23 heavy (non-hydrogen) atoms. The molecule has 0 bridgehead atoms. The monoisotopic (exact) mass is 355 g/mol. The van der Waals surface area contributed by atoms with Gasteiger partial charge in [-0.05, 0) is 42.6 Å². The van der Waals surface area contributed by atoms with E-state index < -0.39 is 0 Å². The maximum absolute atomic E-state index is 11.7. The molecule has 0 fully saturated rings. The largest absolute Gasteiger partial charge is 0.492 e. The Morgan fingerprint density at radius 3 is 2.65 bits per heavy atom. The minimum Gasteiger partial charge on any atom is -0.492 e. The third-order valence-corrected chi connectivity index (χ3v) is 3.89. The maximum Gasteiger partial charge on any atom is 0.266 e. The number of ether oxygens (including phenoxy) is 1. The van der Waals surface area contributed by atoms with Gasteiger partial charge in [-0.2, -0.15) is 25.3 Å². The van der Waals surface area contributed by atoms with Gasteiger partial charge in [0.2, 0.25) is 0 Å². The summed E-state index contributed by atoms with van der Waals surface area (Å²) in [7, 11) is 0. The van der Waals surface area contributed by atoms with E-state index in [0.29, 0.717) is 37.6 Å². The number of rotatable bonds is 10. The Labute approximate surface area is 148 Å². The fourth-order valence-electron chi connectivity index (χ4n) is 1.90. The number of nitrogens with two attached hydrogens (primary N) is 2. The average molecular weight is 356 g/mol. The molecule has 5 nitrogen and oxygen atoms in total. The van der Waals surface area contributed by atoms with Crippen molar-refractivity contribution >= 4 is 31.2 Å². The first-order valence-corrected chi connectivity index (χ1v) is 8.79. The van der Waals surface area contributed by atoms with Crippen molar-refractivity contribution in [1.29, 1.82) is 0 Å². The summed E-state index contributed by atoms with van der Waals surface area (Å²) in [5.41, 5.74) is 13.5. The highest BCUT2D eigenvalue weighted by Gasteiger charge is 2.05. The molecule has 1 amide bonds. The van der Waals surface area contributed by atoms with Crippen LogP contribution in [0, 0.1) is 0 Å². The van der Waals surface area contributed by atoms with Crippen LogP contribution in [0.5, 0.6) is 5.75 Å². The molecule has 0 aliphatic heterocycles. The summed E-state index contributed by atoms with van der Waals surface area (Å²) in [6.45, 7) is 1.34. The van der Waals surface area contributed by atoms with Gasteiger partial charge in [0.05, 0.1) is 12.2 Å². The van der Waals surface area contributed by atoms with Crippen LogP contribution in [-0.4, -0.2) is 25.6 Å². The van der Waals surface area contributed by atoms with Gasteiger partial charge in [-0.3, -0.25) is 4.79 Å². The first-order valence-electron chi connectivity index (χ1n) is 7.52. The van der Waals surface area contributed by atoms with Crippen molar-refractivity contribution in [2.45, 2.75) is 24.3 Å². The third kappa shape index (κ3) is 7.20. The molecule has 0 saturated heterocycles. The number of allylic oxidation sites excluding steroid dienone is 1. The van der Waals surface area contributed by atoms with E-state index in [-0.39, 0.29) is 11.6 Å². The Morgan fingerprint density at radius 2 is 2.00 bits per heavy atom. The van der Waals surface area contributed by atoms with Crippen LogP contribution in [-0.2, 0) is 16.3 Å². The minimum atomic E-state index is -0.285. The molecule has 0 spiro atoms. The number of amides is 1. The SMILES string of the molecule is NCCC/C=C(\N)C(=O)NCCOc1ccc(CS)c(CS)c1. The number of benzene rings is 1. The summed E-state index contributed by atoms with van der Waals surface area (Å²) in [4.78, 5) is 11.7. The van der Waals surface area contributed by atoms with Gasteiger partial charge >= 0.3 is 0 Å². The molecule has 0 aromatic heterocycles. The van der Waals surface area contributed by atoms with Gasteiger partial charge in [0.25, 0.3) is 5.91 Å². The first-order chi connectivity index (χ1) is 11.1. The van der Waals surface area contributed by atoms with Crippen molar-refractivity contribution in [1.82, 2.24) is 5.32 Å². The van der Waals surface area contributed by atoms with Gasteiger partial charge in [0.15, 0.2) is 0 Å². The van der Waals surface area contributed by atoms with Crippen molar-refractivity contribution in [3.63, 3.8) is 0 Å². The van der Waals surface area contributed by atoms with E-state index >= 15 is 0 Å². The first kappa shape index (κ1) is 19.7. The number of nitrogens with one attached hydrogen (secondary N) is 1. The number of carbonyl (C=O) groups is 1. The molecule has 1 aromatic rings. The van der Waals surface area contributed by atoms with Gasteiger partial charge in [0.1, 0.15) is 12.4 Å². The Hall–Kier alpha value is -1.31. The predicted octanol–water partition coefficient (Wildman–Crippen LogP) is 1.62. The van der Waals surface area contributed by atoms with Crippen LogP contribution in [0.2, 0.25) is 0 Å². The molecular weight excluding hydrogens is 330 g/mol. The predicted molar refractivity (Wildman–Crippen MR) is 101 cm³/mol. The zero-order chi connectivity index (χ0) is 17.1. The van der Waals surface area contributed by atoms with Crippen molar-refractivity contribution in [2.75, 3.05) is 19.7 Å². The molecule has 128 valence electrons. The molecule has 0 unspecified atom stereocenters. The Morgan fingerprint density at radius 1 is 1.26 bits per heavy atom. The second-order valence-electron chi connectivity index (χ2n) is 4.94. The molecule has 0 aliphatic carbocycles. The molecule has 1 rings (SSSR count). The topological polar surface area (TPSA) is 90.4 Å². The van der Waals surface area contributed by atoms with Crippen molar-refractivity contribution in [2.24, 2.45) is 11.5 Å². The number of hydrogen-bond acceptors (Lipinski definition) is 6. The van der Waals surface area contributed by atoms with Crippen LogP contribution in [0.15, 0.2) is 30.0 Å². The normalized spacial score (nSPS) is 11.3. The lowest BCUT2D eigenvalue weighted by molar-refractivity contribution is -0.117. The molecule has 0 radical (unpaired) electrons. The molecule has 0 atom stereocenters. The highest BCUT2D eigenvalue weighted by Crippen LogP contribution is 2.20. The Balaban J connectivity index is 2.37. The smallest absolute Gasteiger partial charge is 0.266 e. The molecular formula is C16H25N3O2S2. The van der Waals surface area contributed by atoms with Crippen LogP contribution < -0.4 is 21.5 Å². The second-order valence-corrected chi connectivity index (χ2v) is 5.57. The van der Waals surface area contributed by atoms with Gasteiger partial charge in [0, 0.05) is 11.5 Å². The molecule has 1 aromatic carbocycles. The number of unbranched alkanes of at least 4 members (excludes halogenated alkanes) is 1. The number of carbonyl (C=O) groups excluding carboxylic acids is 1. The van der Waals surface area contributed by atoms with E-state index in [4.69, 9.17) is 16.2 Å². The van der Waals surface area contributed by atoms with E-state index in [1.165, 1.54) is 0 Å². The van der Waals surface area contributed by atoms with Crippen LogP contribution in [0.25, 0.3) is 0 Å². The molecule has 0 saturated carbocycles. The highest BCUT2D eigenvalue weighted by molar-refractivity contribution is 7.79. The Bertz CT molecular complexity index is 536. The van der Waals surface area contributed by atoms with Gasteiger partial charge in [-0.1, -0.05) is 12.1 Å². The van der Waals surface area contributed by atoms with Crippen LogP contribution in [0.3, 0.4) is 0 Å². The fourth-order valence-corrected chi connectivity index (χ4v) is 2.50. The summed E-state index contributed by atoms with van der Waals surface area (Å²) < 4.78 is 5.63. The lowest BCUT2D eigenvalue weighted by atomic mass is 10.1. The standard InChI is InChI=1S/C16H25N3O2S2/c17-6-2-1-3-15(18)16(20)19-7-8-21-14-5-4-12(10-22)13(9-14)11-23/h3-5,9,22-23H,1-2,6-8,10-11,17-18H2,(H,19,20)/b15-3-. The molecule has 0 aliphatic rings. The van der Waals surface area contributed by atoms with Crippen LogP contribution >= 0.6 is 25.3 Å². The summed E-state index contributed by atoms with van der Waals surface area (Å²) in [6, 6.07) is 5.81. The molecule has 5 N–H and O–H groups in total. The van der Waals surface area contributed by atoms with Crippen molar-refractivity contribution < 1.29 is 9.53 Å². The van der Waals surface area contributed by atoms with Gasteiger partial charge in [-0.25, -0.2) is 0 Å². The number of thiol groups is 2. The van der Waals surface area contributed by atoms with Crippen molar-refractivity contribution in [3.8, 4) is 5.75 Å². The fraction of sp³-hybridized carbons (Fsp3) is 0.438. The highest BCUT2D eigenvalue weighted by atomic mass is 32.1. The Kier molecular flexibility index (Phi) is 9.66. The zero-order valence-electron chi connectivity index (χ0n) is 13.1. The van der Waals surface area contributed by atoms with Crippen molar-refractivity contribution in [3.05, 3.63) is 41.1 Å². The van der Waals surface area contributed by atoms with E-state index in [2.05, 4.69) is 30.6 Å². The summed E-state index contributed by atoms with van der Waals surface area (Å²) in [5, 5.41) is 2.71. The second kappa shape index (κ2) is 11.3. The van der Waals surface area contributed by atoms with E-state index in [1.807, 2.05) is 18.2 Å². The zero-order valence-corrected chi connectivity index (χ0v) is 14.9. The molecule has 0 heterocycles. The van der Waals surface area contributed by atoms with Gasteiger partial charge in [-0.15, -0.1) is 0 Å². The lowest BCUT2D eigenvalue weighted by Gasteiger charge is -2.11. The molecule has 7 heteroatoms. The third-order valence-electron chi connectivity index (χ3n) is 3.21.